The lowest BCUT2D eigenvalue weighted by molar-refractivity contribution is -0.137. The number of amides is 1. The van der Waals surface area contributed by atoms with E-state index in [0.29, 0.717) is 23.2 Å². The van der Waals surface area contributed by atoms with Crippen LogP contribution in [-0.2, 0) is 6.18 Å². The number of carbonyl (C=O) groups excluding carboxylic acids is 1. The maximum Gasteiger partial charge on any atom is 0.416 e. The summed E-state index contributed by atoms with van der Waals surface area (Å²) < 4.78 is 38.3. The topological polar surface area (TPSA) is 23.6 Å². The fourth-order valence-corrected chi connectivity index (χ4v) is 4.97. The van der Waals surface area contributed by atoms with Crippen LogP contribution < -0.4 is 0 Å². The first-order valence-electron chi connectivity index (χ1n) is 11.1. The Hall–Kier alpha value is -2.34. The van der Waals surface area contributed by atoms with Gasteiger partial charge in [0.15, 0.2) is 0 Å². The predicted octanol–water partition coefficient (Wildman–Crippen LogP) is 5.85. The highest BCUT2D eigenvalue weighted by molar-refractivity contribution is 5.95. The first-order valence-corrected chi connectivity index (χ1v) is 11.1. The molecule has 2 aliphatic rings. The molecule has 0 aromatic heterocycles. The quantitative estimate of drug-likeness (QED) is 0.608. The largest absolute Gasteiger partial charge is 0.416 e. The molecule has 0 N–H and O–H groups in total. The van der Waals surface area contributed by atoms with Gasteiger partial charge >= 0.3 is 6.18 Å². The van der Waals surface area contributed by atoms with Gasteiger partial charge in [0, 0.05) is 36.8 Å². The van der Waals surface area contributed by atoms with Crippen molar-refractivity contribution in [3.8, 4) is 11.1 Å². The van der Waals surface area contributed by atoms with Crippen LogP contribution >= 0.6 is 0 Å². The molecule has 6 heteroatoms. The molecule has 0 radical (unpaired) electrons. The second-order valence-electron chi connectivity index (χ2n) is 8.92. The minimum Gasteiger partial charge on any atom is -0.334 e. The zero-order valence-corrected chi connectivity index (χ0v) is 18.0. The summed E-state index contributed by atoms with van der Waals surface area (Å²) in [6.07, 6.45) is 0.147. The van der Waals surface area contributed by atoms with E-state index in [1.165, 1.54) is 25.0 Å². The Morgan fingerprint density at radius 1 is 0.903 bits per heavy atom. The van der Waals surface area contributed by atoms with E-state index in [4.69, 9.17) is 0 Å². The van der Waals surface area contributed by atoms with E-state index in [-0.39, 0.29) is 11.9 Å². The van der Waals surface area contributed by atoms with Gasteiger partial charge in [-0.1, -0.05) is 24.3 Å². The van der Waals surface area contributed by atoms with Crippen LogP contribution in [0.3, 0.4) is 0 Å². The number of hydrogen-bond acceptors (Lipinski definition) is 2. The van der Waals surface area contributed by atoms with Gasteiger partial charge in [-0.15, -0.1) is 0 Å². The number of benzene rings is 2. The SMILES string of the molecule is C[C@@H]1CC[C@H](C)N1CC1CCCN1C(=O)c1ccc(-c2ccc(C(F)(F)F)cc2)cc1. The molecule has 2 aromatic rings. The maximum absolute atomic E-state index is 13.2. The van der Waals surface area contributed by atoms with E-state index < -0.39 is 11.7 Å². The summed E-state index contributed by atoms with van der Waals surface area (Å²) in [4.78, 5) is 17.7. The van der Waals surface area contributed by atoms with Crippen LogP contribution in [-0.4, -0.2) is 46.9 Å². The second kappa shape index (κ2) is 8.65. The van der Waals surface area contributed by atoms with Gasteiger partial charge in [0.05, 0.1) is 5.56 Å². The van der Waals surface area contributed by atoms with Gasteiger partial charge in [-0.25, -0.2) is 0 Å². The van der Waals surface area contributed by atoms with Crippen LogP contribution in [0.25, 0.3) is 11.1 Å². The molecular weight excluding hydrogens is 401 g/mol. The molecule has 2 fully saturated rings. The second-order valence-corrected chi connectivity index (χ2v) is 8.92. The summed E-state index contributed by atoms with van der Waals surface area (Å²) in [6, 6.07) is 13.7. The standard InChI is InChI=1S/C25H29F3N2O/c1-17-5-6-18(2)30(17)16-23-4-3-15-29(23)24(31)21-9-7-19(8-10-21)20-11-13-22(14-12-20)25(26,27)28/h7-14,17-18,23H,3-6,15-16H2,1-2H3/t17-,18+,23?. The lowest BCUT2D eigenvalue weighted by Crippen LogP contribution is -2.46. The van der Waals surface area contributed by atoms with Gasteiger partial charge in [0.25, 0.3) is 5.91 Å². The number of alkyl halides is 3. The molecule has 2 heterocycles. The number of rotatable bonds is 4. The van der Waals surface area contributed by atoms with E-state index in [2.05, 4.69) is 18.7 Å². The molecule has 31 heavy (non-hydrogen) atoms. The van der Waals surface area contributed by atoms with Crippen molar-refractivity contribution < 1.29 is 18.0 Å². The molecule has 0 aliphatic carbocycles. The highest BCUT2D eigenvalue weighted by atomic mass is 19.4. The summed E-state index contributed by atoms with van der Waals surface area (Å²) in [5.41, 5.74) is 1.46. The lowest BCUT2D eigenvalue weighted by atomic mass is 10.0. The normalized spacial score (nSPS) is 24.7. The molecule has 4 rings (SSSR count). The highest BCUT2D eigenvalue weighted by Gasteiger charge is 2.35. The first kappa shape index (κ1) is 21.9. The minimum absolute atomic E-state index is 0.0426. The molecule has 0 bridgehead atoms. The van der Waals surface area contributed by atoms with Crippen LogP contribution in [0.5, 0.6) is 0 Å². The molecule has 1 unspecified atom stereocenters. The van der Waals surface area contributed by atoms with Crippen LogP contribution in [0.4, 0.5) is 13.2 Å². The molecule has 166 valence electrons. The smallest absolute Gasteiger partial charge is 0.334 e. The molecular formula is C25H29F3N2O. The van der Waals surface area contributed by atoms with Crippen molar-refractivity contribution >= 4 is 5.91 Å². The Kier molecular flexibility index (Phi) is 6.11. The summed E-state index contributed by atoms with van der Waals surface area (Å²) >= 11 is 0. The van der Waals surface area contributed by atoms with Crippen molar-refractivity contribution in [1.82, 2.24) is 9.80 Å². The molecule has 2 aliphatic heterocycles. The van der Waals surface area contributed by atoms with Crippen molar-refractivity contribution in [2.75, 3.05) is 13.1 Å². The fraction of sp³-hybridized carbons (Fsp3) is 0.480. The zero-order chi connectivity index (χ0) is 22.2. The number of hydrogen-bond donors (Lipinski definition) is 0. The number of carbonyl (C=O) groups is 1. The summed E-state index contributed by atoms with van der Waals surface area (Å²) in [5.74, 6) is 0.0426. The summed E-state index contributed by atoms with van der Waals surface area (Å²) in [7, 11) is 0. The van der Waals surface area contributed by atoms with Gasteiger partial charge in [-0.3, -0.25) is 9.69 Å². The van der Waals surface area contributed by atoms with Crippen LogP contribution in [0.15, 0.2) is 48.5 Å². The third-order valence-electron chi connectivity index (χ3n) is 6.87. The Morgan fingerprint density at radius 3 is 2.00 bits per heavy atom. The third kappa shape index (κ3) is 4.64. The van der Waals surface area contributed by atoms with Crippen molar-refractivity contribution in [1.29, 1.82) is 0 Å². The van der Waals surface area contributed by atoms with Gasteiger partial charge < -0.3 is 4.90 Å². The van der Waals surface area contributed by atoms with Crippen LogP contribution in [0.1, 0.15) is 55.5 Å². The molecule has 0 saturated carbocycles. The number of halogens is 3. The van der Waals surface area contributed by atoms with E-state index in [9.17, 15) is 18.0 Å². The van der Waals surface area contributed by atoms with E-state index in [1.54, 1.807) is 12.1 Å². The van der Waals surface area contributed by atoms with Crippen molar-refractivity contribution in [3.05, 3.63) is 59.7 Å². The maximum atomic E-state index is 13.2. The van der Waals surface area contributed by atoms with Gasteiger partial charge in [-0.2, -0.15) is 13.2 Å². The van der Waals surface area contributed by atoms with Gasteiger partial charge in [0.1, 0.15) is 0 Å². The summed E-state index contributed by atoms with van der Waals surface area (Å²) in [5, 5.41) is 0. The number of nitrogens with zero attached hydrogens (tertiary/aromatic N) is 2. The van der Waals surface area contributed by atoms with Crippen LogP contribution in [0, 0.1) is 0 Å². The Bertz CT molecular complexity index is 898. The van der Waals surface area contributed by atoms with Crippen molar-refractivity contribution in [2.45, 2.75) is 63.8 Å². The number of likely N-dealkylation sites (tertiary alicyclic amines) is 2. The third-order valence-corrected chi connectivity index (χ3v) is 6.87. The molecule has 3 nitrogen and oxygen atoms in total. The Morgan fingerprint density at radius 2 is 1.45 bits per heavy atom. The summed E-state index contributed by atoms with van der Waals surface area (Å²) in [6.45, 7) is 6.24. The fourth-order valence-electron chi connectivity index (χ4n) is 4.97. The highest BCUT2D eigenvalue weighted by Crippen LogP contribution is 2.32. The van der Waals surface area contributed by atoms with Crippen molar-refractivity contribution in [2.24, 2.45) is 0 Å². The molecule has 2 saturated heterocycles. The predicted molar refractivity (Wildman–Crippen MR) is 116 cm³/mol. The van der Waals surface area contributed by atoms with Crippen LogP contribution in [0.2, 0.25) is 0 Å². The van der Waals surface area contributed by atoms with Crippen molar-refractivity contribution in [3.63, 3.8) is 0 Å². The van der Waals surface area contributed by atoms with Gasteiger partial charge in [0.2, 0.25) is 0 Å². The average molecular weight is 431 g/mol. The Balaban J connectivity index is 1.45. The lowest BCUT2D eigenvalue weighted by Gasteiger charge is -2.33. The monoisotopic (exact) mass is 430 g/mol. The zero-order valence-electron chi connectivity index (χ0n) is 18.0. The Labute approximate surface area is 181 Å². The molecule has 3 atom stereocenters. The van der Waals surface area contributed by atoms with E-state index in [0.717, 1.165) is 43.6 Å². The average Bonchev–Trinajstić information content (AvgIpc) is 3.35. The molecule has 2 aromatic carbocycles. The minimum atomic E-state index is -4.34. The van der Waals surface area contributed by atoms with E-state index in [1.807, 2.05) is 17.0 Å². The molecule has 0 spiro atoms. The molecule has 1 amide bonds. The van der Waals surface area contributed by atoms with Gasteiger partial charge in [-0.05, 0) is 74.9 Å². The van der Waals surface area contributed by atoms with E-state index >= 15 is 0 Å². The first-order chi connectivity index (χ1) is 14.7.